The van der Waals surface area contributed by atoms with Gasteiger partial charge in [0, 0.05) is 44.7 Å². The number of amides is 1. The minimum Gasteiger partial charge on any atom is -0.352 e. The molecule has 2 aliphatic heterocycles. The third-order valence-corrected chi connectivity index (χ3v) is 6.66. The van der Waals surface area contributed by atoms with Crippen LogP contribution in [0.1, 0.15) is 31.7 Å². The fourth-order valence-electron chi connectivity index (χ4n) is 5.00. The summed E-state index contributed by atoms with van der Waals surface area (Å²) in [6, 6.07) is 15.5. The molecule has 4 rings (SSSR count). The summed E-state index contributed by atoms with van der Waals surface area (Å²) < 4.78 is 13.1. The molecule has 1 amide bonds. The lowest BCUT2D eigenvalue weighted by Crippen LogP contribution is -2.50. The lowest BCUT2D eigenvalue weighted by molar-refractivity contribution is -0.119. The van der Waals surface area contributed by atoms with E-state index in [4.69, 9.17) is 0 Å². The van der Waals surface area contributed by atoms with Crippen molar-refractivity contribution in [3.05, 3.63) is 59.9 Å². The SMILES string of the molecule is CC(=O)N[C@H]1CN(C)C2(CCN(Cc3ccc(-c4ccc(F)cc4)cc3)CC2)C1. The van der Waals surface area contributed by atoms with Gasteiger partial charge in [0.2, 0.25) is 5.91 Å². The molecule has 154 valence electrons. The summed E-state index contributed by atoms with van der Waals surface area (Å²) in [7, 11) is 2.20. The molecule has 4 nitrogen and oxygen atoms in total. The van der Waals surface area contributed by atoms with E-state index in [0.29, 0.717) is 0 Å². The van der Waals surface area contributed by atoms with Crippen LogP contribution >= 0.6 is 0 Å². The highest BCUT2D eigenvalue weighted by molar-refractivity contribution is 5.73. The number of hydrogen-bond donors (Lipinski definition) is 1. The summed E-state index contributed by atoms with van der Waals surface area (Å²) >= 11 is 0. The molecule has 0 aliphatic carbocycles. The number of likely N-dealkylation sites (tertiary alicyclic amines) is 2. The molecule has 0 saturated carbocycles. The molecule has 0 radical (unpaired) electrons. The molecule has 0 aromatic heterocycles. The molecule has 2 saturated heterocycles. The minimum atomic E-state index is -0.204. The normalized spacial score (nSPS) is 22.1. The average Bonchev–Trinajstić information content (AvgIpc) is 2.99. The third kappa shape index (κ3) is 4.51. The van der Waals surface area contributed by atoms with Crippen molar-refractivity contribution in [2.75, 3.05) is 26.7 Å². The number of carbonyl (C=O) groups is 1. The predicted octanol–water partition coefficient (Wildman–Crippen LogP) is 3.67. The van der Waals surface area contributed by atoms with Crippen molar-refractivity contribution in [3.8, 4) is 11.1 Å². The number of carbonyl (C=O) groups excluding carboxylic acids is 1. The van der Waals surface area contributed by atoms with Gasteiger partial charge in [-0.15, -0.1) is 0 Å². The summed E-state index contributed by atoms with van der Waals surface area (Å²) in [6.07, 6.45) is 3.35. The molecule has 1 N–H and O–H groups in total. The number of rotatable bonds is 4. The van der Waals surface area contributed by atoms with Crippen LogP contribution in [0.5, 0.6) is 0 Å². The highest BCUT2D eigenvalue weighted by atomic mass is 19.1. The Morgan fingerprint density at radius 3 is 2.24 bits per heavy atom. The number of benzene rings is 2. The monoisotopic (exact) mass is 395 g/mol. The van der Waals surface area contributed by atoms with Crippen molar-refractivity contribution in [2.45, 2.75) is 44.3 Å². The molecule has 1 spiro atoms. The molecule has 2 fully saturated rings. The first-order valence-electron chi connectivity index (χ1n) is 10.5. The topological polar surface area (TPSA) is 35.6 Å². The Bertz CT molecular complexity index is 841. The molecule has 0 unspecified atom stereocenters. The quantitative estimate of drug-likeness (QED) is 0.858. The standard InChI is InChI=1S/C24H30FN3O/c1-18(29)26-23-15-24(27(2)17-23)11-13-28(14-12-24)16-19-3-5-20(6-4-19)21-7-9-22(25)10-8-21/h3-10,23H,11-17H2,1-2H3,(H,26,29)/t23-/m1/s1. The van der Waals surface area contributed by atoms with Crippen LogP contribution in [0.2, 0.25) is 0 Å². The maximum Gasteiger partial charge on any atom is 0.217 e. The zero-order valence-corrected chi connectivity index (χ0v) is 17.3. The number of hydrogen-bond acceptors (Lipinski definition) is 3. The molecule has 29 heavy (non-hydrogen) atoms. The van der Waals surface area contributed by atoms with E-state index in [9.17, 15) is 9.18 Å². The Morgan fingerprint density at radius 1 is 1.07 bits per heavy atom. The van der Waals surface area contributed by atoms with Crippen LogP contribution in [0.15, 0.2) is 48.5 Å². The number of likely N-dealkylation sites (N-methyl/N-ethyl adjacent to an activating group) is 1. The average molecular weight is 396 g/mol. The summed E-state index contributed by atoms with van der Waals surface area (Å²) in [5.74, 6) is -0.133. The van der Waals surface area contributed by atoms with Crippen LogP contribution in [-0.2, 0) is 11.3 Å². The Balaban J connectivity index is 1.33. The summed E-state index contributed by atoms with van der Waals surface area (Å²) in [5, 5.41) is 3.10. The Hall–Kier alpha value is -2.24. The van der Waals surface area contributed by atoms with E-state index in [0.717, 1.165) is 56.6 Å². The van der Waals surface area contributed by atoms with Crippen LogP contribution < -0.4 is 5.32 Å². The van der Waals surface area contributed by atoms with Gasteiger partial charge in [-0.2, -0.15) is 0 Å². The molecule has 2 aromatic rings. The van der Waals surface area contributed by atoms with Crippen LogP contribution in [0.25, 0.3) is 11.1 Å². The number of nitrogens with one attached hydrogen (secondary N) is 1. The zero-order valence-electron chi connectivity index (χ0n) is 17.3. The first-order chi connectivity index (χ1) is 13.9. The van der Waals surface area contributed by atoms with Gasteiger partial charge in [0.05, 0.1) is 0 Å². The van der Waals surface area contributed by atoms with E-state index >= 15 is 0 Å². The smallest absolute Gasteiger partial charge is 0.217 e. The van der Waals surface area contributed by atoms with E-state index < -0.39 is 0 Å². The maximum absolute atomic E-state index is 13.1. The largest absolute Gasteiger partial charge is 0.352 e. The second-order valence-electron chi connectivity index (χ2n) is 8.69. The molecular formula is C24H30FN3O. The number of piperidine rings is 1. The highest BCUT2D eigenvalue weighted by Crippen LogP contribution is 2.37. The lowest BCUT2D eigenvalue weighted by atomic mass is 9.84. The van der Waals surface area contributed by atoms with Gasteiger partial charge in [-0.25, -0.2) is 4.39 Å². The van der Waals surface area contributed by atoms with Crippen molar-refractivity contribution in [2.24, 2.45) is 0 Å². The van der Waals surface area contributed by atoms with Gasteiger partial charge in [-0.3, -0.25) is 14.6 Å². The molecule has 0 bridgehead atoms. The van der Waals surface area contributed by atoms with Crippen molar-refractivity contribution in [1.29, 1.82) is 0 Å². The predicted molar refractivity (Wildman–Crippen MR) is 114 cm³/mol. The lowest BCUT2D eigenvalue weighted by Gasteiger charge is -2.43. The van der Waals surface area contributed by atoms with Crippen LogP contribution in [0.4, 0.5) is 4.39 Å². The highest BCUT2D eigenvalue weighted by Gasteiger charge is 2.45. The second kappa shape index (κ2) is 8.25. The van der Waals surface area contributed by atoms with Crippen molar-refractivity contribution in [1.82, 2.24) is 15.1 Å². The van der Waals surface area contributed by atoms with E-state index in [-0.39, 0.29) is 23.3 Å². The third-order valence-electron chi connectivity index (χ3n) is 6.66. The molecule has 1 atom stereocenters. The molecule has 2 heterocycles. The van der Waals surface area contributed by atoms with Gasteiger partial charge >= 0.3 is 0 Å². The maximum atomic E-state index is 13.1. The van der Waals surface area contributed by atoms with Gasteiger partial charge in [-0.05, 0) is 55.1 Å². The first-order valence-corrected chi connectivity index (χ1v) is 10.5. The molecular weight excluding hydrogens is 365 g/mol. The number of nitrogens with zero attached hydrogens (tertiary/aromatic N) is 2. The van der Waals surface area contributed by atoms with Crippen LogP contribution in [0.3, 0.4) is 0 Å². The summed E-state index contributed by atoms with van der Waals surface area (Å²) in [6.45, 7) is 5.67. The van der Waals surface area contributed by atoms with Gasteiger partial charge < -0.3 is 5.32 Å². The van der Waals surface area contributed by atoms with Crippen molar-refractivity contribution in [3.63, 3.8) is 0 Å². The molecule has 2 aromatic carbocycles. The van der Waals surface area contributed by atoms with Gasteiger partial charge in [0.25, 0.3) is 0 Å². The van der Waals surface area contributed by atoms with Gasteiger partial charge in [0.1, 0.15) is 5.82 Å². The van der Waals surface area contributed by atoms with E-state index in [1.165, 1.54) is 17.7 Å². The van der Waals surface area contributed by atoms with Crippen LogP contribution in [-0.4, -0.2) is 54.0 Å². The Labute approximate surface area is 172 Å². The number of halogens is 1. The van der Waals surface area contributed by atoms with Crippen molar-refractivity contribution < 1.29 is 9.18 Å². The Kier molecular flexibility index (Phi) is 5.70. The van der Waals surface area contributed by atoms with E-state index in [1.807, 2.05) is 12.1 Å². The Morgan fingerprint density at radius 2 is 1.66 bits per heavy atom. The minimum absolute atomic E-state index is 0.0713. The van der Waals surface area contributed by atoms with E-state index in [2.05, 4.69) is 46.4 Å². The van der Waals surface area contributed by atoms with Gasteiger partial charge in [-0.1, -0.05) is 36.4 Å². The summed E-state index contributed by atoms with van der Waals surface area (Å²) in [5.41, 5.74) is 3.69. The van der Waals surface area contributed by atoms with Crippen molar-refractivity contribution >= 4 is 5.91 Å². The van der Waals surface area contributed by atoms with Crippen LogP contribution in [0, 0.1) is 5.82 Å². The van der Waals surface area contributed by atoms with E-state index in [1.54, 1.807) is 6.92 Å². The fraction of sp³-hybridized carbons (Fsp3) is 0.458. The molecule has 5 heteroatoms. The fourth-order valence-corrected chi connectivity index (χ4v) is 5.00. The zero-order chi connectivity index (χ0) is 20.4. The first kappa shape index (κ1) is 20.0. The molecule has 2 aliphatic rings. The second-order valence-corrected chi connectivity index (χ2v) is 8.69. The van der Waals surface area contributed by atoms with Gasteiger partial charge in [0.15, 0.2) is 0 Å². The summed E-state index contributed by atoms with van der Waals surface area (Å²) in [4.78, 5) is 16.4.